The van der Waals surface area contributed by atoms with E-state index in [-0.39, 0.29) is 24.2 Å². The Balaban J connectivity index is 1.25. The number of carbonyl (C=O) groups is 2. The number of anilines is 1. The summed E-state index contributed by atoms with van der Waals surface area (Å²) in [4.78, 5) is 31.1. The van der Waals surface area contributed by atoms with Crippen molar-refractivity contribution in [3.8, 4) is 5.75 Å². The van der Waals surface area contributed by atoms with Crippen LogP contribution in [-0.2, 0) is 9.59 Å². The molecule has 6 heteroatoms. The van der Waals surface area contributed by atoms with Crippen molar-refractivity contribution in [1.82, 2.24) is 10.3 Å². The van der Waals surface area contributed by atoms with E-state index in [1.807, 2.05) is 62.4 Å². The molecule has 31 heavy (non-hydrogen) atoms. The molecule has 1 N–H and O–H groups in total. The van der Waals surface area contributed by atoms with Gasteiger partial charge in [0, 0.05) is 36.8 Å². The van der Waals surface area contributed by atoms with Crippen molar-refractivity contribution in [3.63, 3.8) is 0 Å². The van der Waals surface area contributed by atoms with E-state index in [4.69, 9.17) is 4.74 Å². The topological polar surface area (TPSA) is 71.5 Å². The number of hydrogen-bond donors (Lipinski definition) is 1. The number of aromatic nitrogens is 1. The lowest BCUT2D eigenvalue weighted by Gasteiger charge is -2.18. The third kappa shape index (κ3) is 4.68. The number of nitrogens with zero attached hydrogens (tertiary/aromatic N) is 2. The fourth-order valence-corrected chi connectivity index (χ4v) is 3.83. The minimum absolute atomic E-state index is 0.00445. The Bertz CT molecular complexity index is 1110. The number of ether oxygens (including phenoxy) is 1. The molecule has 0 bridgehead atoms. The molecule has 1 unspecified atom stereocenters. The van der Waals surface area contributed by atoms with Gasteiger partial charge < -0.3 is 15.0 Å². The molecule has 0 aliphatic carbocycles. The van der Waals surface area contributed by atoms with Gasteiger partial charge in [-0.15, -0.1) is 0 Å². The van der Waals surface area contributed by atoms with Crippen LogP contribution in [0.5, 0.6) is 5.75 Å². The van der Waals surface area contributed by atoms with Crippen molar-refractivity contribution < 1.29 is 14.3 Å². The van der Waals surface area contributed by atoms with E-state index < -0.39 is 0 Å². The quantitative estimate of drug-likeness (QED) is 0.594. The molecular weight excluding hydrogens is 390 g/mol. The average Bonchev–Trinajstić information content (AvgIpc) is 3.17. The van der Waals surface area contributed by atoms with Crippen LogP contribution < -0.4 is 15.0 Å². The van der Waals surface area contributed by atoms with Crippen LogP contribution in [-0.4, -0.2) is 36.5 Å². The van der Waals surface area contributed by atoms with Crippen molar-refractivity contribution in [3.05, 3.63) is 65.9 Å². The Morgan fingerprint density at radius 2 is 2.00 bits per heavy atom. The predicted octanol–water partition coefficient (Wildman–Crippen LogP) is 3.79. The summed E-state index contributed by atoms with van der Waals surface area (Å²) >= 11 is 0. The minimum Gasteiger partial charge on any atom is -0.491 e. The van der Waals surface area contributed by atoms with Gasteiger partial charge in [-0.2, -0.15) is 0 Å². The molecule has 1 aliphatic rings. The first kappa shape index (κ1) is 20.8. The number of pyridine rings is 1. The maximum Gasteiger partial charge on any atom is 0.227 e. The van der Waals surface area contributed by atoms with E-state index in [2.05, 4.69) is 10.3 Å². The molecule has 1 aromatic heterocycles. The summed E-state index contributed by atoms with van der Waals surface area (Å²) in [5.41, 5.74) is 4.02. The molecule has 1 aliphatic heterocycles. The number of carbonyl (C=O) groups excluding carboxylic acids is 2. The SMILES string of the molecule is Cc1ccc(N2CC(C(=O)NCCCOc3cccc4cccnc34)CC2=O)cc1C. The number of rotatable bonds is 7. The van der Waals surface area contributed by atoms with Crippen LogP contribution in [0.1, 0.15) is 24.0 Å². The van der Waals surface area contributed by atoms with Gasteiger partial charge in [-0.3, -0.25) is 14.6 Å². The maximum absolute atomic E-state index is 12.6. The maximum atomic E-state index is 12.6. The van der Waals surface area contributed by atoms with Gasteiger partial charge in [0.05, 0.1) is 12.5 Å². The fourth-order valence-electron chi connectivity index (χ4n) is 3.83. The van der Waals surface area contributed by atoms with Gasteiger partial charge in [-0.05, 0) is 55.7 Å². The first-order valence-electron chi connectivity index (χ1n) is 10.6. The van der Waals surface area contributed by atoms with Gasteiger partial charge in [0.1, 0.15) is 11.3 Å². The van der Waals surface area contributed by atoms with Crippen LogP contribution in [0.15, 0.2) is 54.7 Å². The summed E-state index contributed by atoms with van der Waals surface area (Å²) in [6.07, 6.45) is 2.67. The molecule has 1 fully saturated rings. The molecule has 160 valence electrons. The van der Waals surface area contributed by atoms with Crippen LogP contribution in [0.25, 0.3) is 10.9 Å². The number of benzene rings is 2. The molecule has 2 heterocycles. The van der Waals surface area contributed by atoms with Crippen LogP contribution in [0.4, 0.5) is 5.69 Å². The number of fused-ring (bicyclic) bond motifs is 1. The number of nitrogens with one attached hydrogen (secondary N) is 1. The zero-order chi connectivity index (χ0) is 21.8. The van der Waals surface area contributed by atoms with E-state index in [1.54, 1.807) is 11.1 Å². The number of hydrogen-bond acceptors (Lipinski definition) is 4. The van der Waals surface area contributed by atoms with Crippen LogP contribution in [0.2, 0.25) is 0 Å². The lowest BCUT2D eigenvalue weighted by Crippen LogP contribution is -2.34. The van der Waals surface area contributed by atoms with Crippen LogP contribution >= 0.6 is 0 Å². The van der Waals surface area contributed by atoms with Crippen molar-refractivity contribution in [2.45, 2.75) is 26.7 Å². The van der Waals surface area contributed by atoms with Gasteiger partial charge in [0.15, 0.2) is 0 Å². The standard InChI is InChI=1S/C25H27N3O3/c1-17-9-10-21(14-18(17)2)28-16-20(15-23(28)29)25(30)27-12-5-13-31-22-8-3-6-19-7-4-11-26-24(19)22/h3-4,6-11,14,20H,5,12-13,15-16H2,1-2H3,(H,27,30). The second kappa shape index (κ2) is 9.16. The second-order valence-electron chi connectivity index (χ2n) is 8.00. The van der Waals surface area contributed by atoms with E-state index in [0.717, 1.165) is 27.9 Å². The third-order valence-electron chi connectivity index (χ3n) is 5.77. The van der Waals surface area contributed by atoms with Gasteiger partial charge in [0.2, 0.25) is 11.8 Å². The Hall–Kier alpha value is -3.41. The Morgan fingerprint density at radius 1 is 1.16 bits per heavy atom. The highest BCUT2D eigenvalue weighted by Gasteiger charge is 2.35. The van der Waals surface area contributed by atoms with Gasteiger partial charge >= 0.3 is 0 Å². The number of amides is 2. The highest BCUT2D eigenvalue weighted by atomic mass is 16.5. The zero-order valence-corrected chi connectivity index (χ0v) is 17.9. The molecule has 1 atom stereocenters. The largest absolute Gasteiger partial charge is 0.491 e. The van der Waals surface area contributed by atoms with E-state index in [9.17, 15) is 9.59 Å². The Kier molecular flexibility index (Phi) is 6.16. The normalized spacial score (nSPS) is 16.0. The van der Waals surface area contributed by atoms with E-state index in [0.29, 0.717) is 26.1 Å². The molecular formula is C25H27N3O3. The fraction of sp³-hybridized carbons (Fsp3) is 0.320. The third-order valence-corrected chi connectivity index (χ3v) is 5.77. The molecule has 0 saturated carbocycles. The summed E-state index contributed by atoms with van der Waals surface area (Å²) in [6.45, 7) is 5.48. The molecule has 6 nitrogen and oxygen atoms in total. The summed E-state index contributed by atoms with van der Waals surface area (Å²) in [7, 11) is 0. The zero-order valence-electron chi connectivity index (χ0n) is 17.9. The van der Waals surface area contributed by atoms with Crippen molar-refractivity contribution in [2.24, 2.45) is 5.92 Å². The minimum atomic E-state index is -0.322. The highest BCUT2D eigenvalue weighted by molar-refractivity contribution is 6.00. The summed E-state index contributed by atoms with van der Waals surface area (Å²) < 4.78 is 5.86. The van der Waals surface area contributed by atoms with Crippen LogP contribution in [0, 0.1) is 19.8 Å². The monoisotopic (exact) mass is 417 g/mol. The molecule has 0 radical (unpaired) electrons. The molecule has 3 aromatic rings. The summed E-state index contributed by atoms with van der Waals surface area (Å²) in [6, 6.07) is 15.7. The van der Waals surface area contributed by atoms with Crippen LogP contribution in [0.3, 0.4) is 0 Å². The molecule has 2 amide bonds. The first-order valence-corrected chi connectivity index (χ1v) is 10.6. The Morgan fingerprint density at radius 3 is 2.84 bits per heavy atom. The smallest absolute Gasteiger partial charge is 0.227 e. The van der Waals surface area contributed by atoms with Gasteiger partial charge in [-0.25, -0.2) is 0 Å². The Labute approximate surface area is 182 Å². The summed E-state index contributed by atoms with van der Waals surface area (Å²) in [5, 5.41) is 3.98. The molecule has 0 spiro atoms. The van der Waals surface area contributed by atoms with Gasteiger partial charge in [0.25, 0.3) is 0 Å². The molecule has 1 saturated heterocycles. The highest BCUT2D eigenvalue weighted by Crippen LogP contribution is 2.27. The lowest BCUT2D eigenvalue weighted by molar-refractivity contribution is -0.126. The predicted molar refractivity (Wildman–Crippen MR) is 121 cm³/mol. The number of aryl methyl sites for hydroxylation is 2. The van der Waals surface area contributed by atoms with Crippen molar-refractivity contribution >= 4 is 28.4 Å². The first-order chi connectivity index (χ1) is 15.0. The van der Waals surface area contributed by atoms with Gasteiger partial charge in [-0.1, -0.05) is 24.3 Å². The second-order valence-corrected chi connectivity index (χ2v) is 8.00. The summed E-state index contributed by atoms with van der Waals surface area (Å²) in [5.74, 6) is 0.342. The van der Waals surface area contributed by atoms with Crippen molar-refractivity contribution in [1.29, 1.82) is 0 Å². The van der Waals surface area contributed by atoms with Crippen molar-refractivity contribution in [2.75, 3.05) is 24.6 Å². The average molecular weight is 418 g/mol. The number of para-hydroxylation sites is 1. The molecule has 2 aromatic carbocycles. The van der Waals surface area contributed by atoms with E-state index >= 15 is 0 Å². The lowest BCUT2D eigenvalue weighted by atomic mass is 10.1. The van der Waals surface area contributed by atoms with E-state index in [1.165, 1.54) is 5.56 Å². The molecule has 4 rings (SSSR count).